The highest BCUT2D eigenvalue weighted by molar-refractivity contribution is 5.87. The fraction of sp³-hybridized carbons (Fsp3) is 0.500. The first-order valence-electron chi connectivity index (χ1n) is 19.6. The molecule has 0 radical (unpaired) electrons. The molecule has 0 aliphatic heterocycles. The van der Waals surface area contributed by atoms with E-state index in [2.05, 4.69) is 139 Å². The minimum atomic E-state index is -0.0954. The Labute approximate surface area is 297 Å². The topological polar surface area (TPSA) is 3.24 Å². The molecule has 0 N–H and O–H groups in total. The van der Waals surface area contributed by atoms with E-state index >= 15 is 0 Å². The summed E-state index contributed by atoms with van der Waals surface area (Å²) in [4.78, 5) is 2.53. The normalized spacial score (nSPS) is 23.1. The molecule has 3 fully saturated rings. The number of fused-ring (bicyclic) bond motifs is 5. The Kier molecular flexibility index (Phi) is 7.97. The van der Waals surface area contributed by atoms with E-state index in [4.69, 9.17) is 0 Å². The molecule has 3 unspecified atom stereocenters. The molecule has 4 aromatic rings. The molecular formula is C48H59N. The summed E-state index contributed by atoms with van der Waals surface area (Å²) in [5.74, 6) is 3.33. The predicted octanol–water partition coefficient (Wildman–Crippen LogP) is 14.0. The molecule has 0 amide bonds. The van der Waals surface area contributed by atoms with Crippen LogP contribution in [0.4, 0.5) is 17.1 Å². The molecule has 1 heteroatoms. The van der Waals surface area contributed by atoms with E-state index in [9.17, 15) is 0 Å². The first kappa shape index (κ1) is 32.9. The van der Waals surface area contributed by atoms with Crippen molar-refractivity contribution in [1.82, 2.24) is 0 Å². The molecule has 4 aliphatic carbocycles. The average molecular weight is 650 g/mol. The molecule has 256 valence electrons. The molecule has 0 heterocycles. The van der Waals surface area contributed by atoms with Crippen molar-refractivity contribution in [3.05, 3.63) is 112 Å². The zero-order valence-corrected chi connectivity index (χ0v) is 31.6. The number of anilines is 3. The number of nitrogens with zero attached hydrogens (tertiary/aromatic N) is 1. The highest BCUT2D eigenvalue weighted by atomic mass is 15.1. The van der Waals surface area contributed by atoms with Crippen LogP contribution in [-0.2, 0) is 16.2 Å². The van der Waals surface area contributed by atoms with Gasteiger partial charge in [-0.25, -0.2) is 0 Å². The van der Waals surface area contributed by atoms with Gasteiger partial charge in [-0.05, 0) is 148 Å². The quantitative estimate of drug-likeness (QED) is 0.208. The average Bonchev–Trinajstić information content (AvgIpc) is 3.78. The number of benzene rings is 4. The molecule has 4 aromatic carbocycles. The van der Waals surface area contributed by atoms with Gasteiger partial charge in [0.1, 0.15) is 0 Å². The lowest BCUT2D eigenvalue weighted by atomic mass is 9.71. The van der Waals surface area contributed by atoms with E-state index in [1.165, 1.54) is 114 Å². The van der Waals surface area contributed by atoms with Gasteiger partial charge < -0.3 is 4.90 Å². The van der Waals surface area contributed by atoms with Crippen molar-refractivity contribution < 1.29 is 0 Å². The summed E-state index contributed by atoms with van der Waals surface area (Å²) in [5, 5.41) is 0. The van der Waals surface area contributed by atoms with Gasteiger partial charge in [-0.1, -0.05) is 124 Å². The number of rotatable bonds is 5. The van der Waals surface area contributed by atoms with Gasteiger partial charge in [0.15, 0.2) is 0 Å². The van der Waals surface area contributed by atoms with Crippen molar-refractivity contribution in [1.29, 1.82) is 0 Å². The van der Waals surface area contributed by atoms with Crippen LogP contribution >= 0.6 is 0 Å². The van der Waals surface area contributed by atoms with Crippen molar-refractivity contribution in [3.8, 4) is 11.1 Å². The lowest BCUT2D eigenvalue weighted by Crippen LogP contribution is -2.25. The van der Waals surface area contributed by atoms with Crippen LogP contribution in [0.3, 0.4) is 0 Å². The van der Waals surface area contributed by atoms with Crippen LogP contribution < -0.4 is 4.90 Å². The second kappa shape index (κ2) is 11.9. The van der Waals surface area contributed by atoms with Gasteiger partial charge in [0, 0.05) is 22.5 Å². The molecule has 4 aliphatic rings. The Bertz CT molecular complexity index is 1840. The molecule has 2 bridgehead atoms. The van der Waals surface area contributed by atoms with Gasteiger partial charge in [-0.15, -0.1) is 0 Å². The highest BCUT2D eigenvalue weighted by Gasteiger charge is 2.42. The van der Waals surface area contributed by atoms with E-state index < -0.39 is 0 Å². The van der Waals surface area contributed by atoms with Crippen molar-refractivity contribution in [3.63, 3.8) is 0 Å². The van der Waals surface area contributed by atoms with Crippen LogP contribution in [0, 0.1) is 11.8 Å². The smallest absolute Gasteiger partial charge is 0.0465 e. The van der Waals surface area contributed by atoms with Crippen LogP contribution in [0.2, 0.25) is 0 Å². The predicted molar refractivity (Wildman–Crippen MR) is 210 cm³/mol. The molecule has 8 rings (SSSR count). The fourth-order valence-electron chi connectivity index (χ4n) is 10.4. The minimum Gasteiger partial charge on any atom is -0.310 e. The SMILES string of the molecule is CC(C)(C)c1cc2c(c(C(C)(C)C)c1)C(C)(C)c1cc(N(c3ccc(C4CCCCC4)cc3)c3ccc(C4CC5CCC4C5)cc3)ccc1-2. The van der Waals surface area contributed by atoms with Gasteiger partial charge in [-0.2, -0.15) is 0 Å². The van der Waals surface area contributed by atoms with Gasteiger partial charge in [0.25, 0.3) is 0 Å². The summed E-state index contributed by atoms with van der Waals surface area (Å²) < 4.78 is 0. The number of hydrogen-bond acceptors (Lipinski definition) is 1. The summed E-state index contributed by atoms with van der Waals surface area (Å²) in [6.45, 7) is 19.1. The van der Waals surface area contributed by atoms with Gasteiger partial charge in [0.2, 0.25) is 0 Å². The Hall–Kier alpha value is -3.32. The highest BCUT2D eigenvalue weighted by Crippen LogP contribution is 2.56. The minimum absolute atomic E-state index is 0.0557. The summed E-state index contributed by atoms with van der Waals surface area (Å²) >= 11 is 0. The van der Waals surface area contributed by atoms with E-state index in [1.807, 2.05) is 0 Å². The standard InChI is InChI=1S/C48H59N/c1-46(2,3)36-28-42-40-25-24-39(30-43(40)48(7,8)45(42)44(29-36)47(4,5)6)49(37-20-16-33(17-21-37)32-12-10-9-11-13-32)38-22-18-34(19-23-38)41-27-31-14-15-35(41)26-31/h16-25,28-32,35,41H,9-15,26-27H2,1-8H3. The first-order valence-corrected chi connectivity index (χ1v) is 19.6. The second-order valence-electron chi connectivity index (χ2n) is 18.9. The molecule has 49 heavy (non-hydrogen) atoms. The third-order valence-electron chi connectivity index (χ3n) is 13.2. The van der Waals surface area contributed by atoms with Gasteiger partial charge in [-0.3, -0.25) is 0 Å². The fourth-order valence-corrected chi connectivity index (χ4v) is 10.4. The molecular weight excluding hydrogens is 591 g/mol. The Morgan fingerprint density at radius 3 is 1.80 bits per heavy atom. The third-order valence-corrected chi connectivity index (χ3v) is 13.2. The zero-order valence-electron chi connectivity index (χ0n) is 31.6. The molecule has 3 atom stereocenters. The van der Waals surface area contributed by atoms with Crippen LogP contribution in [0.5, 0.6) is 0 Å². The monoisotopic (exact) mass is 649 g/mol. The molecule has 0 aromatic heterocycles. The van der Waals surface area contributed by atoms with Crippen molar-refractivity contribution in [2.75, 3.05) is 4.90 Å². The van der Waals surface area contributed by atoms with E-state index in [0.717, 1.165) is 17.8 Å². The number of hydrogen-bond donors (Lipinski definition) is 0. The van der Waals surface area contributed by atoms with Crippen LogP contribution in [0.15, 0.2) is 78.9 Å². The van der Waals surface area contributed by atoms with Crippen LogP contribution in [0.1, 0.15) is 158 Å². The molecule has 0 spiro atoms. The zero-order chi connectivity index (χ0) is 34.3. The summed E-state index contributed by atoms with van der Waals surface area (Å²) in [6, 6.07) is 31.8. The van der Waals surface area contributed by atoms with E-state index in [1.54, 1.807) is 5.56 Å². The van der Waals surface area contributed by atoms with Crippen molar-refractivity contribution >= 4 is 17.1 Å². The third kappa shape index (κ3) is 5.78. The summed E-state index contributed by atoms with van der Waals surface area (Å²) in [7, 11) is 0. The van der Waals surface area contributed by atoms with Crippen LogP contribution in [-0.4, -0.2) is 0 Å². The Morgan fingerprint density at radius 2 is 1.22 bits per heavy atom. The lowest BCUT2D eigenvalue weighted by molar-refractivity contribution is 0.420. The van der Waals surface area contributed by atoms with Gasteiger partial charge >= 0.3 is 0 Å². The summed E-state index contributed by atoms with van der Waals surface area (Å²) in [5.41, 5.74) is 15.6. The largest absolute Gasteiger partial charge is 0.310 e. The van der Waals surface area contributed by atoms with Crippen molar-refractivity contribution in [2.45, 2.75) is 141 Å². The molecule has 3 saturated carbocycles. The Morgan fingerprint density at radius 1 is 0.592 bits per heavy atom. The first-order chi connectivity index (χ1) is 23.3. The van der Waals surface area contributed by atoms with E-state index in [-0.39, 0.29) is 16.2 Å². The Balaban J connectivity index is 1.22. The van der Waals surface area contributed by atoms with E-state index in [0.29, 0.717) is 5.92 Å². The maximum Gasteiger partial charge on any atom is 0.0465 e. The van der Waals surface area contributed by atoms with Crippen LogP contribution in [0.25, 0.3) is 11.1 Å². The second-order valence-corrected chi connectivity index (χ2v) is 18.9. The maximum atomic E-state index is 2.53. The molecule has 1 nitrogen and oxygen atoms in total. The van der Waals surface area contributed by atoms with Crippen molar-refractivity contribution in [2.24, 2.45) is 11.8 Å². The summed E-state index contributed by atoms with van der Waals surface area (Å²) in [6.07, 6.45) is 12.5. The lowest BCUT2D eigenvalue weighted by Gasteiger charge is -2.33. The maximum absolute atomic E-state index is 2.53. The molecule has 0 saturated heterocycles. The van der Waals surface area contributed by atoms with Gasteiger partial charge in [0.05, 0.1) is 0 Å².